The van der Waals surface area contributed by atoms with Crippen molar-refractivity contribution < 1.29 is 18.0 Å². The lowest BCUT2D eigenvalue weighted by Gasteiger charge is -2.12. The number of ketones is 1. The molecule has 0 fully saturated rings. The average molecular weight is 347 g/mol. The van der Waals surface area contributed by atoms with Crippen LogP contribution in [-0.2, 0) is 12.6 Å². The first-order valence-electron chi connectivity index (χ1n) is 6.43. The van der Waals surface area contributed by atoms with Crippen LogP contribution in [0.25, 0.3) is 0 Å². The molecule has 2 rings (SSSR count). The molecule has 0 amide bonds. The highest BCUT2D eigenvalue weighted by atomic mass is 35.5. The van der Waals surface area contributed by atoms with Gasteiger partial charge in [-0.05, 0) is 30.2 Å². The molecule has 0 aliphatic carbocycles. The SMILES string of the molecule is O=C(CCc1ccccc1C(F)(F)F)c1c(Cl)cccc1Cl. The van der Waals surface area contributed by atoms with Gasteiger partial charge in [-0.1, -0.05) is 47.5 Å². The van der Waals surface area contributed by atoms with E-state index >= 15 is 0 Å². The second kappa shape index (κ2) is 6.71. The maximum Gasteiger partial charge on any atom is 0.416 e. The molecule has 0 saturated carbocycles. The van der Waals surface area contributed by atoms with Crippen LogP contribution in [0, 0.1) is 0 Å². The Morgan fingerprint density at radius 1 is 0.955 bits per heavy atom. The van der Waals surface area contributed by atoms with E-state index in [4.69, 9.17) is 23.2 Å². The van der Waals surface area contributed by atoms with Gasteiger partial charge in [-0.25, -0.2) is 0 Å². The van der Waals surface area contributed by atoms with Gasteiger partial charge in [0.15, 0.2) is 5.78 Å². The van der Waals surface area contributed by atoms with Crippen molar-refractivity contribution in [1.29, 1.82) is 0 Å². The molecule has 0 saturated heterocycles. The molecule has 0 atom stereocenters. The summed E-state index contributed by atoms with van der Waals surface area (Å²) in [4.78, 5) is 12.2. The van der Waals surface area contributed by atoms with E-state index in [1.807, 2.05) is 0 Å². The van der Waals surface area contributed by atoms with Crippen LogP contribution in [0.5, 0.6) is 0 Å². The summed E-state index contributed by atoms with van der Waals surface area (Å²) in [5.74, 6) is -0.382. The number of carbonyl (C=O) groups excluding carboxylic acids is 1. The quantitative estimate of drug-likeness (QED) is 0.636. The van der Waals surface area contributed by atoms with Crippen LogP contribution in [0.1, 0.15) is 27.9 Å². The van der Waals surface area contributed by atoms with Crippen molar-refractivity contribution in [3.05, 3.63) is 69.2 Å². The number of carbonyl (C=O) groups is 1. The Labute approximate surface area is 135 Å². The zero-order valence-corrected chi connectivity index (χ0v) is 12.8. The van der Waals surface area contributed by atoms with Crippen LogP contribution < -0.4 is 0 Å². The van der Waals surface area contributed by atoms with E-state index in [2.05, 4.69) is 0 Å². The monoisotopic (exact) mass is 346 g/mol. The fourth-order valence-electron chi connectivity index (χ4n) is 2.15. The fourth-order valence-corrected chi connectivity index (χ4v) is 2.76. The third kappa shape index (κ3) is 3.81. The van der Waals surface area contributed by atoms with Crippen molar-refractivity contribution in [3.8, 4) is 0 Å². The van der Waals surface area contributed by atoms with Gasteiger partial charge in [-0.3, -0.25) is 4.79 Å². The topological polar surface area (TPSA) is 17.1 Å². The Kier molecular flexibility index (Phi) is 5.14. The highest BCUT2D eigenvalue weighted by Crippen LogP contribution is 2.33. The van der Waals surface area contributed by atoms with Crippen molar-refractivity contribution in [2.45, 2.75) is 19.0 Å². The molecule has 2 aromatic rings. The molecule has 0 bridgehead atoms. The van der Waals surface area contributed by atoms with Crippen LogP contribution in [0.3, 0.4) is 0 Å². The number of rotatable bonds is 4. The van der Waals surface area contributed by atoms with Crippen molar-refractivity contribution >= 4 is 29.0 Å². The van der Waals surface area contributed by atoms with Gasteiger partial charge >= 0.3 is 6.18 Å². The Balaban J connectivity index is 2.19. The third-order valence-electron chi connectivity index (χ3n) is 3.19. The van der Waals surface area contributed by atoms with E-state index < -0.39 is 11.7 Å². The lowest BCUT2D eigenvalue weighted by atomic mass is 9.98. The molecule has 6 heteroatoms. The molecule has 2 aromatic carbocycles. The number of hydrogen-bond donors (Lipinski definition) is 0. The smallest absolute Gasteiger partial charge is 0.294 e. The van der Waals surface area contributed by atoms with Crippen molar-refractivity contribution in [1.82, 2.24) is 0 Å². The molecule has 116 valence electrons. The van der Waals surface area contributed by atoms with E-state index in [0.29, 0.717) is 0 Å². The van der Waals surface area contributed by atoms with Crippen molar-refractivity contribution in [3.63, 3.8) is 0 Å². The molecule has 0 radical (unpaired) electrons. The normalized spacial score (nSPS) is 11.5. The minimum absolute atomic E-state index is 0.0317. The van der Waals surface area contributed by atoms with E-state index in [9.17, 15) is 18.0 Å². The van der Waals surface area contributed by atoms with Crippen LogP contribution >= 0.6 is 23.2 Å². The maximum absolute atomic E-state index is 12.9. The Bertz CT molecular complexity index is 676. The van der Waals surface area contributed by atoms with Crippen molar-refractivity contribution in [2.24, 2.45) is 0 Å². The Morgan fingerprint density at radius 3 is 2.14 bits per heavy atom. The summed E-state index contributed by atoms with van der Waals surface area (Å²) in [6.07, 6.45) is -4.58. The maximum atomic E-state index is 12.9. The molecular weight excluding hydrogens is 336 g/mol. The molecule has 1 nitrogen and oxygen atoms in total. The van der Waals surface area contributed by atoms with Gasteiger partial charge in [-0.15, -0.1) is 0 Å². The van der Waals surface area contributed by atoms with Gasteiger partial charge in [0.25, 0.3) is 0 Å². The largest absolute Gasteiger partial charge is 0.416 e. The first-order valence-corrected chi connectivity index (χ1v) is 7.18. The molecular formula is C16H11Cl2F3O. The third-order valence-corrected chi connectivity index (χ3v) is 3.82. The van der Waals surface area contributed by atoms with E-state index in [1.54, 1.807) is 6.07 Å². The Morgan fingerprint density at radius 2 is 1.55 bits per heavy atom. The van der Waals surface area contributed by atoms with Gasteiger partial charge in [0, 0.05) is 6.42 Å². The van der Waals surface area contributed by atoms with Gasteiger partial charge < -0.3 is 0 Å². The van der Waals surface area contributed by atoms with Crippen LogP contribution in [-0.4, -0.2) is 5.78 Å². The summed E-state index contributed by atoms with van der Waals surface area (Å²) in [6, 6.07) is 9.83. The lowest BCUT2D eigenvalue weighted by molar-refractivity contribution is -0.138. The Hall–Kier alpha value is -1.52. The number of hydrogen-bond acceptors (Lipinski definition) is 1. The van der Waals surface area contributed by atoms with Gasteiger partial charge in [0.2, 0.25) is 0 Å². The number of alkyl halides is 3. The summed E-state index contributed by atoms with van der Waals surface area (Å²) in [5, 5.41) is 0.392. The lowest BCUT2D eigenvalue weighted by Crippen LogP contribution is -2.10. The molecule has 22 heavy (non-hydrogen) atoms. The summed E-state index contributed by atoms with van der Waals surface area (Å²) < 4.78 is 38.7. The number of Topliss-reactive ketones (excluding diaryl/α,β-unsaturated/α-hetero) is 1. The zero-order valence-electron chi connectivity index (χ0n) is 11.3. The van der Waals surface area contributed by atoms with E-state index in [-0.39, 0.29) is 39.8 Å². The second-order valence-electron chi connectivity index (χ2n) is 4.67. The molecule has 0 heterocycles. The van der Waals surface area contributed by atoms with Gasteiger partial charge in [0.05, 0.1) is 21.2 Å². The molecule has 0 aliphatic heterocycles. The highest BCUT2D eigenvalue weighted by molar-refractivity contribution is 6.39. The number of aryl methyl sites for hydroxylation is 1. The van der Waals surface area contributed by atoms with Gasteiger partial charge in [0.1, 0.15) is 0 Å². The first kappa shape index (κ1) is 16.8. The number of halogens is 5. The molecule has 0 aromatic heterocycles. The molecule has 0 spiro atoms. The fraction of sp³-hybridized carbons (Fsp3) is 0.188. The van der Waals surface area contributed by atoms with E-state index in [0.717, 1.165) is 6.07 Å². The predicted molar refractivity (Wildman–Crippen MR) is 80.6 cm³/mol. The summed E-state index contributed by atoms with van der Waals surface area (Å²) >= 11 is 11.8. The minimum atomic E-state index is -4.44. The van der Waals surface area contributed by atoms with Crippen molar-refractivity contribution in [2.75, 3.05) is 0 Å². The van der Waals surface area contributed by atoms with E-state index in [1.165, 1.54) is 30.3 Å². The summed E-state index contributed by atoms with van der Waals surface area (Å²) in [7, 11) is 0. The molecule has 0 unspecified atom stereocenters. The number of benzene rings is 2. The predicted octanol–water partition coefficient (Wildman–Crippen LogP) is 5.83. The summed E-state index contributed by atoms with van der Waals surface area (Å²) in [5.41, 5.74) is -0.505. The standard InChI is InChI=1S/C16H11Cl2F3O/c17-12-6-3-7-13(18)15(12)14(22)9-8-10-4-1-2-5-11(10)16(19,20)21/h1-7H,8-9H2. The average Bonchev–Trinajstić information content (AvgIpc) is 2.44. The van der Waals surface area contributed by atoms with Crippen LogP contribution in [0.15, 0.2) is 42.5 Å². The highest BCUT2D eigenvalue weighted by Gasteiger charge is 2.32. The zero-order chi connectivity index (χ0) is 16.3. The summed E-state index contributed by atoms with van der Waals surface area (Å²) in [6.45, 7) is 0. The van der Waals surface area contributed by atoms with Crippen LogP contribution in [0.4, 0.5) is 13.2 Å². The molecule has 0 aliphatic rings. The molecule has 0 N–H and O–H groups in total. The van der Waals surface area contributed by atoms with Gasteiger partial charge in [-0.2, -0.15) is 13.2 Å². The second-order valence-corrected chi connectivity index (χ2v) is 5.49. The minimum Gasteiger partial charge on any atom is -0.294 e. The van der Waals surface area contributed by atoms with Crippen LogP contribution in [0.2, 0.25) is 10.0 Å². The first-order chi connectivity index (χ1) is 10.3.